The Kier molecular flexibility index (Phi) is 32.5. The van der Waals surface area contributed by atoms with Gasteiger partial charge in [-0.05, 0) is 64.2 Å². The average molecular weight is 524 g/mol. The minimum Gasteiger partial charge on any atom is -0.550 e. The number of carbonyl (C=O) groups is 1. The molecule has 37 heavy (non-hydrogen) atoms. The molecule has 3 nitrogen and oxygen atoms in total. The minimum atomic E-state index is -0.914. The monoisotopic (exact) mass is 524 g/mol. The summed E-state index contributed by atoms with van der Waals surface area (Å²) >= 11 is 0. The van der Waals surface area contributed by atoms with Gasteiger partial charge < -0.3 is 14.4 Å². The molecule has 222 valence electrons. The molecule has 0 aromatic rings. The van der Waals surface area contributed by atoms with Gasteiger partial charge in [-0.25, -0.2) is 0 Å². The van der Waals surface area contributed by atoms with E-state index in [1.807, 2.05) is 0 Å². The molecular formula is C34H69NO2. The molecule has 0 aliphatic rings. The summed E-state index contributed by atoms with van der Waals surface area (Å²) in [7, 11) is 0. The van der Waals surface area contributed by atoms with Crippen LogP contribution in [-0.4, -0.2) is 36.6 Å². The molecule has 0 spiro atoms. The van der Waals surface area contributed by atoms with Gasteiger partial charge in [-0.1, -0.05) is 124 Å². The van der Waals surface area contributed by atoms with Crippen molar-refractivity contribution in [2.75, 3.05) is 26.2 Å². The predicted molar refractivity (Wildman–Crippen MR) is 164 cm³/mol. The molecule has 0 heterocycles. The van der Waals surface area contributed by atoms with Crippen molar-refractivity contribution in [1.82, 2.24) is 0 Å². The van der Waals surface area contributed by atoms with Gasteiger partial charge in [0, 0.05) is 5.97 Å². The maximum Gasteiger partial charge on any atom is 0.0786 e. The van der Waals surface area contributed by atoms with Gasteiger partial charge in [0.15, 0.2) is 0 Å². The SMILES string of the molecule is CCCCCCCC/C=C\CCCCCCCC(=O)[O-].CCCC[N+](CCCC)(CCCC)CCCC. The van der Waals surface area contributed by atoms with Crippen LogP contribution in [0.15, 0.2) is 12.2 Å². The lowest BCUT2D eigenvalue weighted by molar-refractivity contribution is -0.929. The summed E-state index contributed by atoms with van der Waals surface area (Å²) in [5.74, 6) is -0.914. The Morgan fingerprint density at radius 2 is 0.811 bits per heavy atom. The van der Waals surface area contributed by atoms with E-state index in [2.05, 4.69) is 46.8 Å². The number of rotatable bonds is 27. The number of allylic oxidation sites excluding steroid dienone is 2. The van der Waals surface area contributed by atoms with E-state index in [0.29, 0.717) is 0 Å². The topological polar surface area (TPSA) is 40.1 Å². The first kappa shape index (κ1) is 38.3. The first-order chi connectivity index (χ1) is 18.0. The normalized spacial score (nSPS) is 11.6. The van der Waals surface area contributed by atoms with Crippen molar-refractivity contribution in [3.63, 3.8) is 0 Å². The third-order valence-corrected chi connectivity index (χ3v) is 7.59. The zero-order valence-electron chi connectivity index (χ0n) is 26.3. The van der Waals surface area contributed by atoms with Gasteiger partial charge in [-0.15, -0.1) is 0 Å². The molecule has 0 bridgehead atoms. The lowest BCUT2D eigenvalue weighted by atomic mass is 10.1. The molecule has 0 radical (unpaired) electrons. The number of hydrogen-bond acceptors (Lipinski definition) is 2. The summed E-state index contributed by atoms with van der Waals surface area (Å²) in [5.41, 5.74) is 0. The van der Waals surface area contributed by atoms with Gasteiger partial charge in [-0.3, -0.25) is 0 Å². The number of nitrogens with zero attached hydrogens (tertiary/aromatic N) is 1. The average Bonchev–Trinajstić information content (AvgIpc) is 2.90. The van der Waals surface area contributed by atoms with Crippen LogP contribution in [-0.2, 0) is 4.79 Å². The summed E-state index contributed by atoms with van der Waals surface area (Å²) in [4.78, 5) is 10.2. The van der Waals surface area contributed by atoms with Crippen molar-refractivity contribution in [2.24, 2.45) is 0 Å². The number of carboxylic acids is 1. The van der Waals surface area contributed by atoms with Gasteiger partial charge in [0.25, 0.3) is 0 Å². The van der Waals surface area contributed by atoms with Crippen LogP contribution >= 0.6 is 0 Å². The van der Waals surface area contributed by atoms with E-state index in [4.69, 9.17) is 0 Å². The summed E-state index contributed by atoms with van der Waals surface area (Å²) in [6, 6.07) is 0. The fourth-order valence-corrected chi connectivity index (χ4v) is 4.98. The molecule has 0 aromatic carbocycles. The molecule has 0 aliphatic heterocycles. The Morgan fingerprint density at radius 1 is 0.486 bits per heavy atom. The highest BCUT2D eigenvalue weighted by molar-refractivity contribution is 5.64. The van der Waals surface area contributed by atoms with Crippen molar-refractivity contribution >= 4 is 5.97 Å². The first-order valence-electron chi connectivity index (χ1n) is 16.7. The molecule has 0 unspecified atom stereocenters. The zero-order chi connectivity index (χ0) is 27.9. The fraction of sp³-hybridized carbons (Fsp3) is 0.912. The second-order valence-electron chi connectivity index (χ2n) is 11.4. The van der Waals surface area contributed by atoms with Gasteiger partial charge in [0.05, 0.1) is 26.2 Å². The number of hydrogen-bond donors (Lipinski definition) is 0. The molecule has 0 atom stereocenters. The standard InChI is InChI=1S/C18H34O2.C16H36N/c1-2-3-4-5-6-7-8-9-10-11-12-13-14-15-16-17-18(19)20;1-5-9-13-17(14-10-6-2,15-11-7-3)16-12-8-4/h9-10H,2-8,11-17H2,1H3,(H,19,20);5-16H2,1-4H3/q;+1/p-1/b10-9-;. The lowest BCUT2D eigenvalue weighted by Crippen LogP contribution is -2.50. The van der Waals surface area contributed by atoms with Crippen LogP contribution in [0.5, 0.6) is 0 Å². The second kappa shape index (κ2) is 31.4. The van der Waals surface area contributed by atoms with Crippen molar-refractivity contribution in [3.05, 3.63) is 12.2 Å². The fourth-order valence-electron chi connectivity index (χ4n) is 4.98. The summed E-state index contributed by atoms with van der Waals surface area (Å²) in [6.07, 6.45) is 32.0. The highest BCUT2D eigenvalue weighted by atomic mass is 16.4. The summed E-state index contributed by atoms with van der Waals surface area (Å²) in [6.45, 7) is 17.3. The van der Waals surface area contributed by atoms with Crippen LogP contribution in [0.1, 0.15) is 176 Å². The highest BCUT2D eigenvalue weighted by Crippen LogP contribution is 2.16. The third kappa shape index (κ3) is 29.6. The van der Waals surface area contributed by atoms with Gasteiger partial charge in [-0.2, -0.15) is 0 Å². The Labute approximate surface area is 234 Å². The molecule has 0 aliphatic carbocycles. The number of carboxylic acid groups (broad SMARTS) is 1. The largest absolute Gasteiger partial charge is 0.550 e. The number of aliphatic carboxylic acids is 1. The smallest absolute Gasteiger partial charge is 0.0786 e. The quantitative estimate of drug-likeness (QED) is 0.0610. The molecule has 3 heteroatoms. The van der Waals surface area contributed by atoms with E-state index in [9.17, 15) is 9.90 Å². The summed E-state index contributed by atoms with van der Waals surface area (Å²) in [5, 5.41) is 10.2. The van der Waals surface area contributed by atoms with Crippen molar-refractivity contribution < 1.29 is 14.4 Å². The van der Waals surface area contributed by atoms with Crippen molar-refractivity contribution in [3.8, 4) is 0 Å². The molecule has 0 N–H and O–H groups in total. The summed E-state index contributed by atoms with van der Waals surface area (Å²) < 4.78 is 1.42. The first-order valence-corrected chi connectivity index (χ1v) is 16.7. The van der Waals surface area contributed by atoms with Crippen molar-refractivity contribution in [1.29, 1.82) is 0 Å². The molecule has 0 rings (SSSR count). The van der Waals surface area contributed by atoms with E-state index < -0.39 is 5.97 Å². The van der Waals surface area contributed by atoms with E-state index >= 15 is 0 Å². The van der Waals surface area contributed by atoms with Crippen LogP contribution in [0.2, 0.25) is 0 Å². The molecule has 0 saturated heterocycles. The van der Waals surface area contributed by atoms with Gasteiger partial charge in [0.1, 0.15) is 0 Å². The van der Waals surface area contributed by atoms with Crippen LogP contribution in [0.3, 0.4) is 0 Å². The molecular weight excluding hydrogens is 454 g/mol. The Hall–Kier alpha value is -0.830. The third-order valence-electron chi connectivity index (χ3n) is 7.59. The molecule has 0 amide bonds. The molecule has 0 aromatic heterocycles. The lowest BCUT2D eigenvalue weighted by Gasteiger charge is -2.39. The van der Waals surface area contributed by atoms with Crippen LogP contribution < -0.4 is 5.11 Å². The highest BCUT2D eigenvalue weighted by Gasteiger charge is 2.24. The maximum atomic E-state index is 10.2. The Morgan fingerprint density at radius 3 is 1.16 bits per heavy atom. The maximum absolute atomic E-state index is 10.2. The van der Waals surface area contributed by atoms with Crippen molar-refractivity contribution in [2.45, 2.75) is 176 Å². The van der Waals surface area contributed by atoms with Crippen LogP contribution in [0, 0.1) is 0 Å². The van der Waals surface area contributed by atoms with E-state index in [0.717, 1.165) is 19.3 Å². The van der Waals surface area contributed by atoms with Gasteiger partial charge in [0.2, 0.25) is 0 Å². The van der Waals surface area contributed by atoms with Gasteiger partial charge >= 0.3 is 0 Å². The predicted octanol–water partition coefficient (Wildman–Crippen LogP) is 9.78. The van der Waals surface area contributed by atoms with E-state index in [1.165, 1.54) is 146 Å². The van der Waals surface area contributed by atoms with E-state index in [-0.39, 0.29) is 6.42 Å². The second-order valence-corrected chi connectivity index (χ2v) is 11.4. The number of carbonyl (C=O) groups excluding carboxylic acids is 1. The Bertz CT molecular complexity index is 437. The molecule has 0 saturated carbocycles. The molecule has 0 fully saturated rings. The number of unbranched alkanes of at least 4 members (excludes halogenated alkanes) is 15. The number of quaternary nitrogens is 1. The van der Waals surface area contributed by atoms with Crippen LogP contribution in [0.4, 0.5) is 0 Å². The zero-order valence-corrected chi connectivity index (χ0v) is 26.3. The van der Waals surface area contributed by atoms with Crippen LogP contribution in [0.25, 0.3) is 0 Å². The van der Waals surface area contributed by atoms with E-state index in [1.54, 1.807) is 0 Å². The Balaban J connectivity index is 0. The minimum absolute atomic E-state index is 0.220.